The fourth-order valence-electron chi connectivity index (χ4n) is 1.18. The van der Waals surface area contributed by atoms with Gasteiger partial charge in [-0.2, -0.15) is 5.26 Å². The number of hydrogen-bond donors (Lipinski definition) is 2. The van der Waals surface area contributed by atoms with Crippen LogP contribution in [0.1, 0.15) is 12.5 Å². The highest BCUT2D eigenvalue weighted by Gasteiger charge is 2.26. The van der Waals surface area contributed by atoms with Gasteiger partial charge in [-0.15, -0.1) is 0 Å². The third-order valence-corrected chi connectivity index (χ3v) is 1.95. The number of nitriles is 1. The summed E-state index contributed by atoms with van der Waals surface area (Å²) in [7, 11) is 0. The van der Waals surface area contributed by atoms with Crippen molar-refractivity contribution in [1.82, 2.24) is 5.32 Å². The largest absolute Gasteiger partial charge is 0.352 e. The van der Waals surface area contributed by atoms with Gasteiger partial charge < -0.3 is 11.1 Å². The van der Waals surface area contributed by atoms with Crippen molar-refractivity contribution in [1.29, 1.82) is 5.26 Å². The van der Waals surface area contributed by atoms with Crippen LogP contribution in [0.15, 0.2) is 30.3 Å². The molecule has 3 N–H and O–H groups in total. The molecule has 2 amide bonds. The van der Waals surface area contributed by atoms with Gasteiger partial charge in [-0.3, -0.25) is 0 Å². The van der Waals surface area contributed by atoms with E-state index in [4.69, 9.17) is 11.0 Å². The molecule has 0 aliphatic heterocycles. The molecule has 0 heterocycles. The summed E-state index contributed by atoms with van der Waals surface area (Å²) in [6, 6.07) is 10.3. The lowest BCUT2D eigenvalue weighted by Gasteiger charge is -2.22. The summed E-state index contributed by atoms with van der Waals surface area (Å²) < 4.78 is 0. The molecule has 1 unspecified atom stereocenters. The summed E-state index contributed by atoms with van der Waals surface area (Å²) in [6.45, 7) is 1.60. The molecule has 72 valence electrons. The van der Waals surface area contributed by atoms with Gasteiger partial charge in [0.15, 0.2) is 5.54 Å². The maximum atomic E-state index is 10.7. The van der Waals surface area contributed by atoms with Crippen LogP contribution >= 0.6 is 0 Å². The normalized spacial score (nSPS) is 13.7. The summed E-state index contributed by atoms with van der Waals surface area (Å²) in [5, 5.41) is 11.4. The molecule has 0 saturated carbocycles. The first-order valence-electron chi connectivity index (χ1n) is 4.13. The molecule has 0 bridgehead atoms. The van der Waals surface area contributed by atoms with Crippen LogP contribution in [0.2, 0.25) is 0 Å². The number of amides is 2. The number of hydrogen-bond acceptors (Lipinski definition) is 2. The van der Waals surface area contributed by atoms with Crippen LogP contribution in [0.3, 0.4) is 0 Å². The molecule has 0 aromatic heterocycles. The summed E-state index contributed by atoms with van der Waals surface area (Å²) in [5.41, 5.74) is 4.64. The summed E-state index contributed by atoms with van der Waals surface area (Å²) in [4.78, 5) is 10.7. The number of carbonyl (C=O) groups excluding carboxylic acids is 1. The minimum absolute atomic E-state index is 0.710. The Morgan fingerprint density at radius 2 is 2.07 bits per heavy atom. The fourth-order valence-corrected chi connectivity index (χ4v) is 1.18. The van der Waals surface area contributed by atoms with Crippen molar-refractivity contribution in [3.63, 3.8) is 0 Å². The van der Waals surface area contributed by atoms with Gasteiger partial charge in [-0.25, -0.2) is 4.79 Å². The second kappa shape index (κ2) is 3.79. The monoisotopic (exact) mass is 189 g/mol. The highest BCUT2D eigenvalue weighted by atomic mass is 16.2. The van der Waals surface area contributed by atoms with Crippen LogP contribution in [0.5, 0.6) is 0 Å². The van der Waals surface area contributed by atoms with E-state index in [1.54, 1.807) is 31.2 Å². The number of nitrogens with one attached hydrogen (secondary N) is 1. The van der Waals surface area contributed by atoms with Gasteiger partial charge in [0, 0.05) is 0 Å². The maximum absolute atomic E-state index is 10.7. The minimum Gasteiger partial charge on any atom is -0.352 e. The maximum Gasteiger partial charge on any atom is 0.313 e. The quantitative estimate of drug-likeness (QED) is 0.730. The van der Waals surface area contributed by atoms with Gasteiger partial charge in [0.05, 0.1) is 6.07 Å². The van der Waals surface area contributed by atoms with Crippen LogP contribution in [0.4, 0.5) is 4.79 Å². The van der Waals surface area contributed by atoms with Crippen LogP contribution < -0.4 is 11.1 Å². The Morgan fingerprint density at radius 3 is 2.50 bits per heavy atom. The van der Waals surface area contributed by atoms with E-state index >= 15 is 0 Å². The van der Waals surface area contributed by atoms with E-state index in [1.807, 2.05) is 12.1 Å². The average Bonchev–Trinajstić information content (AvgIpc) is 2.18. The van der Waals surface area contributed by atoms with E-state index in [9.17, 15) is 4.79 Å². The van der Waals surface area contributed by atoms with Gasteiger partial charge >= 0.3 is 6.03 Å². The molecular formula is C10H11N3O. The molecule has 0 saturated heterocycles. The van der Waals surface area contributed by atoms with Crippen molar-refractivity contribution in [2.45, 2.75) is 12.5 Å². The highest BCUT2D eigenvalue weighted by Crippen LogP contribution is 2.18. The van der Waals surface area contributed by atoms with Crippen molar-refractivity contribution in [3.8, 4) is 6.07 Å². The lowest BCUT2D eigenvalue weighted by molar-refractivity contribution is 0.242. The number of primary amides is 1. The number of nitrogens with two attached hydrogens (primary N) is 1. The number of rotatable bonds is 2. The lowest BCUT2D eigenvalue weighted by atomic mass is 9.94. The molecule has 4 nitrogen and oxygen atoms in total. The molecular weight excluding hydrogens is 178 g/mol. The molecule has 0 fully saturated rings. The Hall–Kier alpha value is -2.02. The zero-order valence-electron chi connectivity index (χ0n) is 7.82. The number of urea groups is 1. The van der Waals surface area contributed by atoms with Crippen LogP contribution in [-0.2, 0) is 5.54 Å². The molecule has 4 heteroatoms. The van der Waals surface area contributed by atoms with E-state index in [2.05, 4.69) is 5.32 Å². The Morgan fingerprint density at radius 1 is 1.50 bits per heavy atom. The SMILES string of the molecule is CC(C#N)(NC(N)=O)c1ccccc1. The molecule has 1 rings (SSSR count). The first-order valence-corrected chi connectivity index (χ1v) is 4.13. The number of nitrogens with zero attached hydrogens (tertiary/aromatic N) is 1. The van der Waals surface area contributed by atoms with Crippen LogP contribution in [0.25, 0.3) is 0 Å². The number of benzene rings is 1. The zero-order chi connectivity index (χ0) is 10.6. The lowest BCUT2D eigenvalue weighted by Crippen LogP contribution is -2.45. The van der Waals surface area contributed by atoms with Crippen molar-refractivity contribution in [3.05, 3.63) is 35.9 Å². The molecule has 0 aliphatic carbocycles. The summed E-state index contributed by atoms with van der Waals surface area (Å²) in [5.74, 6) is 0. The smallest absolute Gasteiger partial charge is 0.313 e. The van der Waals surface area contributed by atoms with E-state index in [0.717, 1.165) is 0 Å². The van der Waals surface area contributed by atoms with E-state index in [1.165, 1.54) is 0 Å². The van der Waals surface area contributed by atoms with E-state index in [-0.39, 0.29) is 0 Å². The standard InChI is InChI=1S/C10H11N3O/c1-10(7-11,13-9(12)14)8-5-3-2-4-6-8/h2-6H,1H3,(H3,12,13,14). The van der Waals surface area contributed by atoms with Gasteiger partial charge in [-0.1, -0.05) is 30.3 Å². The molecule has 1 aromatic carbocycles. The molecule has 0 spiro atoms. The predicted molar refractivity (Wildman–Crippen MR) is 52.1 cm³/mol. The van der Waals surface area contributed by atoms with E-state index in [0.29, 0.717) is 5.56 Å². The van der Waals surface area contributed by atoms with Crippen molar-refractivity contribution >= 4 is 6.03 Å². The summed E-state index contributed by atoms with van der Waals surface area (Å²) in [6.07, 6.45) is 0. The summed E-state index contributed by atoms with van der Waals surface area (Å²) >= 11 is 0. The highest BCUT2D eigenvalue weighted by molar-refractivity contribution is 5.73. The third-order valence-electron chi connectivity index (χ3n) is 1.95. The fraction of sp³-hybridized carbons (Fsp3) is 0.200. The Bertz CT molecular complexity index is 369. The average molecular weight is 189 g/mol. The van der Waals surface area contributed by atoms with Crippen molar-refractivity contribution in [2.24, 2.45) is 5.73 Å². The number of carbonyl (C=O) groups is 1. The zero-order valence-corrected chi connectivity index (χ0v) is 7.82. The van der Waals surface area contributed by atoms with Gasteiger partial charge in [-0.05, 0) is 12.5 Å². The van der Waals surface area contributed by atoms with Crippen molar-refractivity contribution < 1.29 is 4.79 Å². The third kappa shape index (κ3) is 2.02. The predicted octanol–water partition coefficient (Wildman–Crippen LogP) is 1.09. The van der Waals surface area contributed by atoms with Crippen LogP contribution in [-0.4, -0.2) is 6.03 Å². The Balaban J connectivity index is 3.03. The molecule has 1 aromatic rings. The minimum atomic E-state index is -1.06. The molecule has 1 atom stereocenters. The Labute approximate surface area is 82.3 Å². The molecule has 0 aliphatic rings. The molecule has 14 heavy (non-hydrogen) atoms. The van der Waals surface area contributed by atoms with Gasteiger partial charge in [0.25, 0.3) is 0 Å². The Kier molecular flexibility index (Phi) is 2.73. The topological polar surface area (TPSA) is 78.9 Å². The first-order chi connectivity index (χ1) is 6.58. The molecule has 0 radical (unpaired) electrons. The van der Waals surface area contributed by atoms with Crippen molar-refractivity contribution in [2.75, 3.05) is 0 Å². The van der Waals surface area contributed by atoms with Gasteiger partial charge in [0.2, 0.25) is 0 Å². The van der Waals surface area contributed by atoms with E-state index < -0.39 is 11.6 Å². The second-order valence-corrected chi connectivity index (χ2v) is 3.09. The first kappa shape index (κ1) is 10.1. The van der Waals surface area contributed by atoms with Crippen LogP contribution in [0, 0.1) is 11.3 Å². The second-order valence-electron chi connectivity index (χ2n) is 3.09. The van der Waals surface area contributed by atoms with Gasteiger partial charge in [0.1, 0.15) is 0 Å².